The van der Waals surface area contributed by atoms with Crippen molar-refractivity contribution in [1.29, 1.82) is 0 Å². The molecule has 1 fully saturated rings. The number of aryl methyl sites for hydroxylation is 1. The number of ether oxygens (including phenoxy) is 1. The van der Waals surface area contributed by atoms with E-state index in [1.807, 2.05) is 31.2 Å². The summed E-state index contributed by atoms with van der Waals surface area (Å²) in [5, 5.41) is 7.44. The molecule has 3 aromatic rings. The number of anilines is 2. The molecule has 0 radical (unpaired) electrons. The summed E-state index contributed by atoms with van der Waals surface area (Å²) >= 11 is 3.55. The van der Waals surface area contributed by atoms with Crippen LogP contribution < -0.4 is 20.3 Å². The SMILES string of the molecule is COc1ccc(Br)cc1C(C)Nc1nc(C)nc2cnc(N3CC[C@@H](NC(C)=O)C3)cc12. The Balaban J connectivity index is 1.65. The number of hydrogen-bond donors (Lipinski definition) is 2. The van der Waals surface area contributed by atoms with Gasteiger partial charge in [-0.25, -0.2) is 15.0 Å². The Morgan fingerprint density at radius 3 is 2.88 bits per heavy atom. The number of carbonyl (C=O) groups excluding carboxylic acids is 1. The summed E-state index contributed by atoms with van der Waals surface area (Å²) in [4.78, 5) is 27.5. The van der Waals surface area contributed by atoms with Gasteiger partial charge in [-0.3, -0.25) is 4.79 Å². The number of nitrogens with zero attached hydrogens (tertiary/aromatic N) is 4. The van der Waals surface area contributed by atoms with Crippen molar-refractivity contribution in [2.24, 2.45) is 0 Å². The predicted molar refractivity (Wildman–Crippen MR) is 129 cm³/mol. The molecule has 1 unspecified atom stereocenters. The zero-order chi connectivity index (χ0) is 22.8. The molecule has 1 aliphatic heterocycles. The van der Waals surface area contributed by atoms with Crippen LogP contribution in [0.2, 0.25) is 0 Å². The molecule has 4 rings (SSSR count). The molecule has 1 saturated heterocycles. The molecular formula is C23H27BrN6O2. The standard InChI is InChI=1S/C23H27BrN6O2/c1-13(18-9-16(24)5-6-21(18)32-4)26-23-19-10-22(25-11-20(19)27-14(2)28-23)30-8-7-17(12-30)29-15(3)31/h5-6,9-11,13,17H,7-8,12H2,1-4H3,(H,29,31)(H,26,27,28)/t13?,17-/m1/s1. The third-order valence-corrected chi connectivity index (χ3v) is 6.10. The summed E-state index contributed by atoms with van der Waals surface area (Å²) < 4.78 is 6.54. The fraction of sp³-hybridized carbons (Fsp3) is 0.391. The van der Waals surface area contributed by atoms with E-state index in [2.05, 4.69) is 53.3 Å². The van der Waals surface area contributed by atoms with Crippen molar-refractivity contribution in [3.05, 3.63) is 46.3 Å². The molecule has 8 nitrogen and oxygen atoms in total. The second-order valence-corrected chi connectivity index (χ2v) is 8.98. The minimum Gasteiger partial charge on any atom is -0.496 e. The van der Waals surface area contributed by atoms with Crippen molar-refractivity contribution in [3.8, 4) is 5.75 Å². The predicted octanol–water partition coefficient (Wildman–Crippen LogP) is 3.99. The number of fused-ring (bicyclic) bond motifs is 1. The first-order chi connectivity index (χ1) is 15.3. The molecule has 0 spiro atoms. The lowest BCUT2D eigenvalue weighted by Crippen LogP contribution is -2.35. The summed E-state index contributed by atoms with van der Waals surface area (Å²) in [5.41, 5.74) is 1.81. The van der Waals surface area contributed by atoms with Gasteiger partial charge in [-0.2, -0.15) is 0 Å². The molecule has 0 saturated carbocycles. The van der Waals surface area contributed by atoms with Gasteiger partial charge in [0.05, 0.1) is 24.9 Å². The van der Waals surface area contributed by atoms with Crippen LogP contribution in [0.1, 0.15) is 37.7 Å². The highest BCUT2D eigenvalue weighted by atomic mass is 79.9. The number of benzene rings is 1. The molecule has 0 aliphatic carbocycles. The number of halogens is 1. The molecule has 168 valence electrons. The third-order valence-electron chi connectivity index (χ3n) is 5.61. The van der Waals surface area contributed by atoms with Crippen LogP contribution in [0.5, 0.6) is 5.75 Å². The Hall–Kier alpha value is -2.94. The fourth-order valence-electron chi connectivity index (χ4n) is 4.12. The molecule has 3 heterocycles. The monoisotopic (exact) mass is 498 g/mol. The van der Waals surface area contributed by atoms with Crippen molar-refractivity contribution in [1.82, 2.24) is 20.3 Å². The molecule has 2 atom stereocenters. The van der Waals surface area contributed by atoms with E-state index in [1.54, 1.807) is 20.2 Å². The van der Waals surface area contributed by atoms with Crippen molar-refractivity contribution >= 4 is 44.4 Å². The van der Waals surface area contributed by atoms with Crippen LogP contribution in [0.4, 0.5) is 11.6 Å². The molecule has 1 aromatic carbocycles. The first-order valence-electron chi connectivity index (χ1n) is 10.6. The van der Waals surface area contributed by atoms with Crippen LogP contribution in [0.15, 0.2) is 34.9 Å². The van der Waals surface area contributed by atoms with Crippen molar-refractivity contribution in [2.75, 3.05) is 30.4 Å². The van der Waals surface area contributed by atoms with Crippen LogP contribution in [-0.2, 0) is 4.79 Å². The summed E-state index contributed by atoms with van der Waals surface area (Å²) in [6.45, 7) is 7.08. The van der Waals surface area contributed by atoms with Gasteiger partial charge in [0.15, 0.2) is 0 Å². The van der Waals surface area contributed by atoms with Crippen LogP contribution in [-0.4, -0.2) is 47.1 Å². The summed E-state index contributed by atoms with van der Waals surface area (Å²) in [5.74, 6) is 3.09. The Kier molecular flexibility index (Phi) is 6.45. The van der Waals surface area contributed by atoms with Gasteiger partial charge in [-0.05, 0) is 44.5 Å². The van der Waals surface area contributed by atoms with E-state index in [-0.39, 0.29) is 18.0 Å². The van der Waals surface area contributed by atoms with E-state index in [4.69, 9.17) is 4.74 Å². The Morgan fingerprint density at radius 2 is 2.12 bits per heavy atom. The molecule has 9 heteroatoms. The second-order valence-electron chi connectivity index (χ2n) is 8.06. The topological polar surface area (TPSA) is 92.3 Å². The van der Waals surface area contributed by atoms with Crippen LogP contribution in [0.25, 0.3) is 10.9 Å². The van der Waals surface area contributed by atoms with E-state index in [0.29, 0.717) is 5.82 Å². The van der Waals surface area contributed by atoms with Gasteiger partial charge in [0.2, 0.25) is 5.91 Å². The second kappa shape index (κ2) is 9.28. The van der Waals surface area contributed by atoms with Crippen molar-refractivity contribution in [3.63, 3.8) is 0 Å². The molecule has 2 N–H and O–H groups in total. The molecule has 1 aliphatic rings. The van der Waals surface area contributed by atoms with Gasteiger partial charge in [0.25, 0.3) is 0 Å². The van der Waals surface area contributed by atoms with Gasteiger partial charge in [-0.1, -0.05) is 15.9 Å². The number of methoxy groups -OCH3 is 1. The lowest BCUT2D eigenvalue weighted by Gasteiger charge is -2.21. The average molecular weight is 499 g/mol. The number of amides is 1. The highest BCUT2D eigenvalue weighted by Gasteiger charge is 2.25. The maximum Gasteiger partial charge on any atom is 0.217 e. The van der Waals surface area contributed by atoms with Crippen LogP contribution in [0, 0.1) is 6.92 Å². The van der Waals surface area contributed by atoms with E-state index in [9.17, 15) is 4.79 Å². The fourth-order valence-corrected chi connectivity index (χ4v) is 4.50. The Bertz CT molecular complexity index is 1150. The number of rotatable bonds is 6. The lowest BCUT2D eigenvalue weighted by molar-refractivity contribution is -0.119. The van der Waals surface area contributed by atoms with E-state index in [0.717, 1.165) is 57.8 Å². The van der Waals surface area contributed by atoms with Gasteiger partial charge in [-0.15, -0.1) is 0 Å². The molecule has 0 bridgehead atoms. The smallest absolute Gasteiger partial charge is 0.217 e. The molecular weight excluding hydrogens is 472 g/mol. The Labute approximate surface area is 195 Å². The normalized spacial score (nSPS) is 16.8. The number of aromatic nitrogens is 3. The van der Waals surface area contributed by atoms with Crippen molar-refractivity contribution in [2.45, 2.75) is 39.3 Å². The van der Waals surface area contributed by atoms with Crippen molar-refractivity contribution < 1.29 is 9.53 Å². The minimum atomic E-state index is -0.0486. The van der Waals surface area contributed by atoms with E-state index < -0.39 is 0 Å². The quantitative estimate of drug-likeness (QED) is 0.530. The maximum atomic E-state index is 11.4. The van der Waals surface area contributed by atoms with Crippen LogP contribution in [0.3, 0.4) is 0 Å². The number of carbonyl (C=O) groups is 1. The number of nitrogens with one attached hydrogen (secondary N) is 2. The molecule has 1 amide bonds. The van der Waals surface area contributed by atoms with Gasteiger partial charge >= 0.3 is 0 Å². The summed E-state index contributed by atoms with van der Waals surface area (Å²) in [7, 11) is 1.67. The minimum absolute atomic E-state index is 0.00403. The van der Waals surface area contributed by atoms with E-state index >= 15 is 0 Å². The first kappa shape index (κ1) is 22.3. The van der Waals surface area contributed by atoms with Gasteiger partial charge in [0, 0.05) is 41.5 Å². The molecule has 2 aromatic heterocycles. The zero-order valence-electron chi connectivity index (χ0n) is 18.6. The highest BCUT2D eigenvalue weighted by Crippen LogP contribution is 2.33. The largest absolute Gasteiger partial charge is 0.496 e. The average Bonchev–Trinajstić information content (AvgIpc) is 3.21. The highest BCUT2D eigenvalue weighted by molar-refractivity contribution is 9.10. The van der Waals surface area contributed by atoms with Gasteiger partial charge < -0.3 is 20.3 Å². The van der Waals surface area contributed by atoms with E-state index in [1.165, 1.54) is 0 Å². The third kappa shape index (κ3) is 4.77. The zero-order valence-corrected chi connectivity index (χ0v) is 20.2. The summed E-state index contributed by atoms with van der Waals surface area (Å²) in [6.07, 6.45) is 2.69. The first-order valence-corrected chi connectivity index (χ1v) is 11.4. The molecule has 32 heavy (non-hydrogen) atoms. The number of hydrogen-bond acceptors (Lipinski definition) is 7. The lowest BCUT2D eigenvalue weighted by atomic mass is 10.1. The number of pyridine rings is 1. The maximum absolute atomic E-state index is 11.4. The summed E-state index contributed by atoms with van der Waals surface area (Å²) in [6, 6.07) is 8.07. The van der Waals surface area contributed by atoms with Gasteiger partial charge in [0.1, 0.15) is 23.2 Å². The Morgan fingerprint density at radius 1 is 1.31 bits per heavy atom. The van der Waals surface area contributed by atoms with Crippen LogP contribution >= 0.6 is 15.9 Å².